The molecular weight excluding hydrogens is 260 g/mol. The van der Waals surface area contributed by atoms with Gasteiger partial charge in [0.1, 0.15) is 6.61 Å². The zero-order valence-electron chi connectivity index (χ0n) is 11.3. The van der Waals surface area contributed by atoms with Gasteiger partial charge in [0.15, 0.2) is 12.4 Å². The topological polar surface area (TPSA) is 69.7 Å². The van der Waals surface area contributed by atoms with Crippen LogP contribution in [0.4, 0.5) is 0 Å². The fourth-order valence-electron chi connectivity index (χ4n) is 1.94. The van der Waals surface area contributed by atoms with E-state index in [1.165, 1.54) is 0 Å². The van der Waals surface area contributed by atoms with E-state index in [-0.39, 0.29) is 31.4 Å². The molecule has 1 aliphatic heterocycles. The van der Waals surface area contributed by atoms with Crippen molar-refractivity contribution >= 4 is 17.7 Å². The first kappa shape index (κ1) is 14.2. The number of hydrogen-bond donors (Lipinski definition) is 0. The molecule has 5 heteroatoms. The molecule has 0 bridgehead atoms. The molecule has 0 aromatic heterocycles. The van der Waals surface area contributed by atoms with Crippen molar-refractivity contribution in [3.05, 3.63) is 35.9 Å². The van der Waals surface area contributed by atoms with Crippen molar-refractivity contribution in [3.63, 3.8) is 0 Å². The van der Waals surface area contributed by atoms with E-state index in [0.717, 1.165) is 0 Å². The van der Waals surface area contributed by atoms with Crippen LogP contribution in [0.5, 0.6) is 0 Å². The number of Topliss-reactive ketones (excluding diaryl/α,β-unsaturated/α-hetero) is 1. The Hall–Kier alpha value is -2.17. The average Bonchev–Trinajstić information content (AvgIpc) is 2.48. The van der Waals surface area contributed by atoms with E-state index in [9.17, 15) is 14.4 Å². The van der Waals surface area contributed by atoms with Crippen molar-refractivity contribution < 1.29 is 23.9 Å². The van der Waals surface area contributed by atoms with Crippen LogP contribution < -0.4 is 0 Å². The van der Waals surface area contributed by atoms with Crippen LogP contribution in [0.15, 0.2) is 30.3 Å². The molecular formula is C15H16O5. The van der Waals surface area contributed by atoms with Crippen LogP contribution in [-0.2, 0) is 19.1 Å². The number of carbonyl (C=O) groups excluding carboxylic acids is 3. The number of cyclic esters (lactones) is 1. The maximum Gasteiger partial charge on any atom is 0.338 e. The van der Waals surface area contributed by atoms with E-state index in [1.807, 2.05) is 0 Å². The van der Waals surface area contributed by atoms with E-state index in [4.69, 9.17) is 9.47 Å². The molecule has 1 atom stereocenters. The highest BCUT2D eigenvalue weighted by atomic mass is 16.5. The first-order chi connectivity index (χ1) is 9.51. The van der Waals surface area contributed by atoms with Gasteiger partial charge in [-0.15, -0.1) is 0 Å². The number of ketones is 1. The molecule has 1 aliphatic rings. The lowest BCUT2D eigenvalue weighted by atomic mass is 9.81. The van der Waals surface area contributed by atoms with Crippen LogP contribution >= 0.6 is 0 Å². The molecule has 1 fully saturated rings. The van der Waals surface area contributed by atoms with Crippen LogP contribution in [0.3, 0.4) is 0 Å². The molecule has 106 valence electrons. The molecule has 1 aromatic carbocycles. The SMILES string of the molecule is C[C@@]1(C(=O)COC(=O)c2ccccc2)CCC(=O)OC1. The summed E-state index contributed by atoms with van der Waals surface area (Å²) in [4.78, 5) is 34.8. The zero-order chi connectivity index (χ0) is 14.6. The van der Waals surface area contributed by atoms with Gasteiger partial charge >= 0.3 is 11.9 Å². The van der Waals surface area contributed by atoms with Crippen molar-refractivity contribution in [1.29, 1.82) is 0 Å². The quantitative estimate of drug-likeness (QED) is 0.784. The van der Waals surface area contributed by atoms with Gasteiger partial charge in [-0.05, 0) is 25.5 Å². The van der Waals surface area contributed by atoms with Gasteiger partial charge in [-0.25, -0.2) is 4.79 Å². The largest absolute Gasteiger partial charge is 0.465 e. The van der Waals surface area contributed by atoms with Gasteiger partial charge < -0.3 is 9.47 Å². The molecule has 0 saturated carbocycles. The summed E-state index contributed by atoms with van der Waals surface area (Å²) in [5.74, 6) is -1.05. The molecule has 2 rings (SSSR count). The van der Waals surface area contributed by atoms with E-state index in [1.54, 1.807) is 37.3 Å². The molecule has 0 N–H and O–H groups in total. The second-order valence-corrected chi connectivity index (χ2v) is 5.09. The summed E-state index contributed by atoms with van der Waals surface area (Å²) in [7, 11) is 0. The minimum atomic E-state index is -0.759. The summed E-state index contributed by atoms with van der Waals surface area (Å²) in [5.41, 5.74) is -0.356. The van der Waals surface area contributed by atoms with Gasteiger partial charge in [0.05, 0.1) is 11.0 Å². The number of benzene rings is 1. The highest BCUT2D eigenvalue weighted by molar-refractivity contribution is 5.93. The Balaban J connectivity index is 1.89. The lowest BCUT2D eigenvalue weighted by Crippen LogP contribution is -2.40. The second kappa shape index (κ2) is 5.86. The van der Waals surface area contributed by atoms with Crippen molar-refractivity contribution in [1.82, 2.24) is 0 Å². The fourth-order valence-corrected chi connectivity index (χ4v) is 1.94. The zero-order valence-corrected chi connectivity index (χ0v) is 11.3. The van der Waals surface area contributed by atoms with Gasteiger partial charge in [-0.3, -0.25) is 9.59 Å². The molecule has 0 aliphatic carbocycles. The maximum atomic E-state index is 12.1. The lowest BCUT2D eigenvalue weighted by molar-refractivity contribution is -0.158. The van der Waals surface area contributed by atoms with Crippen LogP contribution in [0.2, 0.25) is 0 Å². The fraction of sp³-hybridized carbons (Fsp3) is 0.400. The number of ether oxygens (including phenoxy) is 2. The Kier molecular flexibility index (Phi) is 4.17. The molecule has 20 heavy (non-hydrogen) atoms. The summed E-state index contributed by atoms with van der Waals surface area (Å²) in [5, 5.41) is 0. The van der Waals surface area contributed by atoms with Gasteiger partial charge in [0.25, 0.3) is 0 Å². The summed E-state index contributed by atoms with van der Waals surface area (Å²) in [6.45, 7) is 1.47. The number of rotatable bonds is 4. The van der Waals surface area contributed by atoms with Crippen molar-refractivity contribution in [2.75, 3.05) is 13.2 Å². The van der Waals surface area contributed by atoms with E-state index >= 15 is 0 Å². The molecule has 0 amide bonds. The number of hydrogen-bond acceptors (Lipinski definition) is 5. The van der Waals surface area contributed by atoms with Gasteiger partial charge in [-0.2, -0.15) is 0 Å². The minimum absolute atomic E-state index is 0.0492. The summed E-state index contributed by atoms with van der Waals surface area (Å²) in [6.07, 6.45) is 0.641. The first-order valence-corrected chi connectivity index (χ1v) is 6.42. The second-order valence-electron chi connectivity index (χ2n) is 5.09. The smallest absolute Gasteiger partial charge is 0.338 e. The van der Waals surface area contributed by atoms with E-state index in [0.29, 0.717) is 12.0 Å². The molecule has 5 nitrogen and oxygen atoms in total. The lowest BCUT2D eigenvalue weighted by Gasteiger charge is -2.30. The average molecular weight is 276 g/mol. The normalized spacial score (nSPS) is 21.9. The van der Waals surface area contributed by atoms with Crippen LogP contribution in [0.1, 0.15) is 30.1 Å². The number of esters is 2. The van der Waals surface area contributed by atoms with Gasteiger partial charge in [-0.1, -0.05) is 18.2 Å². The molecule has 1 saturated heterocycles. The maximum absolute atomic E-state index is 12.1. The summed E-state index contributed by atoms with van der Waals surface area (Å²) >= 11 is 0. The Labute approximate surface area is 116 Å². The molecule has 0 spiro atoms. The highest BCUT2D eigenvalue weighted by Crippen LogP contribution is 2.29. The van der Waals surface area contributed by atoms with Gasteiger partial charge in [0, 0.05) is 6.42 Å². The van der Waals surface area contributed by atoms with Crippen molar-refractivity contribution in [2.24, 2.45) is 5.41 Å². The van der Waals surface area contributed by atoms with E-state index < -0.39 is 11.4 Å². The minimum Gasteiger partial charge on any atom is -0.465 e. The summed E-state index contributed by atoms with van der Waals surface area (Å²) in [6, 6.07) is 8.48. The monoisotopic (exact) mass is 276 g/mol. The Morgan fingerprint density at radius 2 is 2.00 bits per heavy atom. The van der Waals surface area contributed by atoms with Gasteiger partial charge in [0.2, 0.25) is 0 Å². The Morgan fingerprint density at radius 3 is 2.60 bits per heavy atom. The van der Waals surface area contributed by atoms with Crippen LogP contribution in [-0.4, -0.2) is 30.9 Å². The molecule has 0 unspecified atom stereocenters. The van der Waals surface area contributed by atoms with Crippen molar-refractivity contribution in [2.45, 2.75) is 19.8 Å². The van der Waals surface area contributed by atoms with Crippen molar-refractivity contribution in [3.8, 4) is 0 Å². The summed E-state index contributed by atoms with van der Waals surface area (Å²) < 4.78 is 9.91. The third kappa shape index (κ3) is 3.23. The Morgan fingerprint density at radius 1 is 1.30 bits per heavy atom. The first-order valence-electron chi connectivity index (χ1n) is 6.42. The predicted octanol–water partition coefficient (Wildman–Crippen LogP) is 1.76. The predicted molar refractivity (Wildman–Crippen MR) is 70.0 cm³/mol. The van der Waals surface area contributed by atoms with Crippen LogP contribution in [0.25, 0.3) is 0 Å². The Bertz CT molecular complexity index is 510. The third-order valence-corrected chi connectivity index (χ3v) is 3.45. The molecule has 1 aromatic rings. The third-order valence-electron chi connectivity index (χ3n) is 3.45. The highest BCUT2D eigenvalue weighted by Gasteiger charge is 2.38. The number of carbonyl (C=O) groups is 3. The van der Waals surface area contributed by atoms with Crippen LogP contribution in [0, 0.1) is 5.41 Å². The standard InChI is InChI=1S/C15H16O5/c1-15(8-7-13(17)20-10-15)12(16)9-19-14(18)11-5-3-2-4-6-11/h2-6H,7-10H2,1H3/t15-/m1/s1. The molecule has 0 radical (unpaired) electrons. The molecule has 1 heterocycles. The van der Waals surface area contributed by atoms with E-state index in [2.05, 4.69) is 0 Å².